The van der Waals surface area contributed by atoms with Gasteiger partial charge in [0.1, 0.15) is 0 Å². The lowest BCUT2D eigenvalue weighted by atomic mass is 9.73. The summed E-state index contributed by atoms with van der Waals surface area (Å²) in [5, 5.41) is 8.75. The topological polar surface area (TPSA) is 67.8 Å². The first kappa shape index (κ1) is 18.1. The summed E-state index contributed by atoms with van der Waals surface area (Å²) in [6.07, 6.45) is 12.7. The summed E-state index contributed by atoms with van der Waals surface area (Å²) >= 11 is 0. The number of rotatable bonds is 5. The Hall–Kier alpha value is -2.96. The van der Waals surface area contributed by atoms with E-state index in [-0.39, 0.29) is 11.8 Å². The van der Waals surface area contributed by atoms with Gasteiger partial charge in [0.05, 0.1) is 22.8 Å². The lowest BCUT2D eigenvalue weighted by Crippen LogP contribution is -2.40. The molecule has 2 fully saturated rings. The maximum Gasteiger partial charge on any atom is 0.239 e. The number of anilines is 1. The van der Waals surface area contributed by atoms with Crippen LogP contribution in [0.4, 0.5) is 5.69 Å². The summed E-state index contributed by atoms with van der Waals surface area (Å²) in [4.78, 5) is 20.1. The van der Waals surface area contributed by atoms with Gasteiger partial charge in [-0.1, -0.05) is 13.3 Å². The van der Waals surface area contributed by atoms with Crippen molar-refractivity contribution in [3.05, 3.63) is 36.9 Å². The highest BCUT2D eigenvalue weighted by atomic mass is 16.2. The van der Waals surface area contributed by atoms with E-state index in [2.05, 4.69) is 28.2 Å². The maximum absolute atomic E-state index is 13.8. The standard InChI is InChI=1S/C22H26N6O/c1-4-17-13-27(21(29)22(17,14-23-2)18-5-6-18)19-7-8-24-28-12-15(9-20(19)28)16-10-25-26(3)11-16/h7-12,14,17-18H,4-6,13H2,1-3H3/t17-,22+/m0/s1. The van der Waals surface area contributed by atoms with Crippen LogP contribution in [0.2, 0.25) is 0 Å². The molecule has 0 radical (unpaired) electrons. The molecule has 7 nitrogen and oxygen atoms in total. The van der Waals surface area contributed by atoms with E-state index in [4.69, 9.17) is 0 Å². The van der Waals surface area contributed by atoms with E-state index in [1.54, 1.807) is 17.9 Å². The van der Waals surface area contributed by atoms with Gasteiger partial charge in [0, 0.05) is 56.6 Å². The molecule has 4 heterocycles. The molecule has 3 aromatic rings. The number of aryl methyl sites for hydroxylation is 1. The SMILES string of the molecule is CC[C@H]1CN(c2ccnn3cc(-c4cnn(C)c4)cc23)C(=O)[C@@]1(C=NC)C1CC1. The molecule has 29 heavy (non-hydrogen) atoms. The van der Waals surface area contributed by atoms with E-state index in [0.29, 0.717) is 5.92 Å². The molecule has 1 saturated carbocycles. The van der Waals surface area contributed by atoms with E-state index in [1.165, 1.54) is 0 Å². The van der Waals surface area contributed by atoms with E-state index in [1.807, 2.05) is 47.3 Å². The number of hydrogen-bond donors (Lipinski definition) is 0. The fraction of sp³-hybridized carbons (Fsp3) is 0.455. The largest absolute Gasteiger partial charge is 0.309 e. The second kappa shape index (κ2) is 6.54. The summed E-state index contributed by atoms with van der Waals surface area (Å²) < 4.78 is 3.65. The first-order valence-electron chi connectivity index (χ1n) is 10.3. The van der Waals surface area contributed by atoms with Crippen LogP contribution >= 0.6 is 0 Å². The molecule has 0 aromatic carbocycles. The van der Waals surface area contributed by atoms with Crippen LogP contribution in [0.25, 0.3) is 16.6 Å². The summed E-state index contributed by atoms with van der Waals surface area (Å²) in [5.41, 5.74) is 3.48. The summed E-state index contributed by atoms with van der Waals surface area (Å²) in [6.45, 7) is 2.91. The van der Waals surface area contributed by atoms with Crippen LogP contribution < -0.4 is 4.90 Å². The first-order chi connectivity index (χ1) is 14.1. The highest BCUT2D eigenvalue weighted by molar-refractivity contribution is 6.12. The van der Waals surface area contributed by atoms with Crippen molar-refractivity contribution in [1.29, 1.82) is 0 Å². The Labute approximate surface area is 170 Å². The van der Waals surface area contributed by atoms with Gasteiger partial charge in [0.25, 0.3) is 0 Å². The average molecular weight is 390 g/mol. The minimum Gasteiger partial charge on any atom is -0.309 e. The fourth-order valence-corrected chi connectivity index (χ4v) is 5.04. The molecule has 0 N–H and O–H groups in total. The molecular formula is C22H26N6O. The monoisotopic (exact) mass is 390 g/mol. The molecule has 0 spiro atoms. The highest BCUT2D eigenvalue weighted by Crippen LogP contribution is 2.55. The Morgan fingerprint density at radius 3 is 2.76 bits per heavy atom. The highest BCUT2D eigenvalue weighted by Gasteiger charge is 2.60. The number of carbonyl (C=O) groups excluding carboxylic acids is 1. The van der Waals surface area contributed by atoms with Crippen LogP contribution in [0.5, 0.6) is 0 Å². The predicted molar refractivity (Wildman–Crippen MR) is 113 cm³/mol. The molecule has 2 aliphatic rings. The zero-order valence-corrected chi connectivity index (χ0v) is 17.1. The van der Waals surface area contributed by atoms with Gasteiger partial charge in [-0.25, -0.2) is 4.52 Å². The molecule has 1 aliphatic heterocycles. The third-order valence-electron chi connectivity index (χ3n) is 6.60. The molecule has 3 aromatic heterocycles. The van der Waals surface area contributed by atoms with E-state index < -0.39 is 5.41 Å². The van der Waals surface area contributed by atoms with Crippen molar-refractivity contribution < 1.29 is 4.79 Å². The van der Waals surface area contributed by atoms with Crippen molar-refractivity contribution in [2.75, 3.05) is 18.5 Å². The van der Waals surface area contributed by atoms with E-state index in [0.717, 1.165) is 48.1 Å². The molecule has 7 heteroatoms. The van der Waals surface area contributed by atoms with Gasteiger partial charge in [-0.3, -0.25) is 14.5 Å². The molecule has 150 valence electrons. The van der Waals surface area contributed by atoms with Crippen molar-refractivity contribution >= 4 is 23.3 Å². The minimum atomic E-state index is -0.456. The van der Waals surface area contributed by atoms with Gasteiger partial charge in [0.15, 0.2) is 0 Å². The third-order valence-corrected chi connectivity index (χ3v) is 6.60. The molecule has 0 bridgehead atoms. The van der Waals surface area contributed by atoms with Crippen molar-refractivity contribution in [3.63, 3.8) is 0 Å². The maximum atomic E-state index is 13.8. The quantitative estimate of drug-likeness (QED) is 0.628. The van der Waals surface area contributed by atoms with Gasteiger partial charge in [-0.05, 0) is 36.8 Å². The Bertz CT molecular complexity index is 1110. The zero-order chi connectivity index (χ0) is 20.2. The van der Waals surface area contributed by atoms with Gasteiger partial charge in [-0.2, -0.15) is 10.2 Å². The second-order valence-corrected chi connectivity index (χ2v) is 8.29. The van der Waals surface area contributed by atoms with Crippen LogP contribution in [-0.4, -0.2) is 45.1 Å². The number of amides is 1. The molecule has 1 aliphatic carbocycles. The second-order valence-electron chi connectivity index (χ2n) is 8.29. The Balaban J connectivity index is 1.60. The van der Waals surface area contributed by atoms with Crippen LogP contribution in [0.15, 0.2) is 41.9 Å². The summed E-state index contributed by atoms with van der Waals surface area (Å²) in [6, 6.07) is 4.05. The number of carbonyl (C=O) groups is 1. The molecule has 1 saturated heterocycles. The van der Waals surface area contributed by atoms with Crippen LogP contribution in [0, 0.1) is 17.3 Å². The normalized spacial score (nSPS) is 25.0. The smallest absolute Gasteiger partial charge is 0.239 e. The number of nitrogens with zero attached hydrogens (tertiary/aromatic N) is 6. The van der Waals surface area contributed by atoms with Crippen molar-refractivity contribution in [2.45, 2.75) is 26.2 Å². The number of aliphatic imine (C=N–C) groups is 1. The Morgan fingerprint density at radius 2 is 2.10 bits per heavy atom. The molecule has 1 amide bonds. The van der Waals surface area contributed by atoms with Crippen molar-refractivity contribution in [2.24, 2.45) is 29.3 Å². The molecule has 5 rings (SSSR count). The van der Waals surface area contributed by atoms with Crippen molar-refractivity contribution in [1.82, 2.24) is 19.4 Å². The Morgan fingerprint density at radius 1 is 1.28 bits per heavy atom. The molecule has 2 atom stereocenters. The molecule has 0 unspecified atom stereocenters. The lowest BCUT2D eigenvalue weighted by molar-refractivity contribution is -0.124. The zero-order valence-electron chi connectivity index (χ0n) is 17.1. The predicted octanol–water partition coefficient (Wildman–Crippen LogP) is 3.20. The van der Waals surface area contributed by atoms with Crippen molar-refractivity contribution in [3.8, 4) is 11.1 Å². The van der Waals surface area contributed by atoms with E-state index >= 15 is 0 Å². The average Bonchev–Trinajstić information content (AvgIpc) is 3.22. The number of aromatic nitrogens is 4. The van der Waals surface area contributed by atoms with Gasteiger partial charge in [0.2, 0.25) is 5.91 Å². The van der Waals surface area contributed by atoms with Gasteiger partial charge >= 0.3 is 0 Å². The Kier molecular flexibility index (Phi) is 4.08. The minimum absolute atomic E-state index is 0.190. The lowest BCUT2D eigenvalue weighted by Gasteiger charge is -2.28. The molecular weight excluding hydrogens is 364 g/mol. The summed E-state index contributed by atoms with van der Waals surface area (Å²) in [5.74, 6) is 0.895. The van der Waals surface area contributed by atoms with Crippen LogP contribution in [0.1, 0.15) is 26.2 Å². The van der Waals surface area contributed by atoms with Crippen LogP contribution in [-0.2, 0) is 11.8 Å². The van der Waals surface area contributed by atoms with Gasteiger partial charge < -0.3 is 4.90 Å². The van der Waals surface area contributed by atoms with Crippen LogP contribution in [0.3, 0.4) is 0 Å². The fourth-order valence-electron chi connectivity index (χ4n) is 5.04. The number of hydrogen-bond acceptors (Lipinski definition) is 4. The van der Waals surface area contributed by atoms with E-state index in [9.17, 15) is 4.79 Å². The number of fused-ring (bicyclic) bond motifs is 1. The first-order valence-corrected chi connectivity index (χ1v) is 10.3. The third kappa shape index (κ3) is 2.63. The van der Waals surface area contributed by atoms with Gasteiger partial charge in [-0.15, -0.1) is 0 Å². The summed E-state index contributed by atoms with van der Waals surface area (Å²) in [7, 11) is 3.69.